The third-order valence-corrected chi connectivity index (χ3v) is 4.44. The smallest absolute Gasteiger partial charge is 0.187 e. The molecule has 5 rings (SSSR count). The Bertz CT molecular complexity index is 1310. The van der Waals surface area contributed by atoms with E-state index in [9.17, 15) is 8.78 Å². The summed E-state index contributed by atoms with van der Waals surface area (Å²) in [4.78, 5) is 8.55. The number of aromatic nitrogens is 7. The lowest BCUT2D eigenvalue weighted by Gasteiger charge is -2.03. The summed E-state index contributed by atoms with van der Waals surface area (Å²) in [5.41, 5.74) is 2.98. The minimum absolute atomic E-state index is 0.00176. The third kappa shape index (κ3) is 3.28. The second kappa shape index (κ2) is 7.07. The predicted octanol–water partition coefficient (Wildman–Crippen LogP) is 3.52. The number of halogens is 2. The number of fused-ring (bicyclic) bond motifs is 1. The number of hydrogen-bond donors (Lipinski definition) is 0. The van der Waals surface area contributed by atoms with E-state index < -0.39 is 11.6 Å². The van der Waals surface area contributed by atoms with Crippen LogP contribution >= 0.6 is 0 Å². The number of hydrogen-bond acceptors (Lipinski definition) is 7. The van der Waals surface area contributed by atoms with Crippen molar-refractivity contribution in [3.63, 3.8) is 0 Å². The van der Waals surface area contributed by atoms with E-state index in [1.807, 2.05) is 13.0 Å². The van der Waals surface area contributed by atoms with E-state index in [0.29, 0.717) is 35.1 Å². The van der Waals surface area contributed by atoms with E-state index in [1.54, 1.807) is 23.0 Å². The Morgan fingerprint density at radius 3 is 2.70 bits per heavy atom. The maximum absolute atomic E-state index is 14.0. The fourth-order valence-corrected chi connectivity index (χ4v) is 2.95. The second-order valence-electron chi connectivity index (χ2n) is 6.63. The van der Waals surface area contributed by atoms with Crippen molar-refractivity contribution in [3.8, 4) is 34.2 Å². The molecule has 0 bridgehead atoms. The summed E-state index contributed by atoms with van der Waals surface area (Å²) in [6, 6.07) is 9.28. The molecule has 2 aromatic heterocycles. The van der Waals surface area contributed by atoms with Gasteiger partial charge < -0.3 is 4.52 Å². The molecule has 0 saturated heterocycles. The SMILES string of the molecule is Cc1ccc(-c2cc(Cn3cc4nc(-c5cccc(F)c5F)nc-4cn3)no2)nn1. The van der Waals surface area contributed by atoms with Gasteiger partial charge in [0.25, 0.3) is 0 Å². The molecule has 1 aromatic carbocycles. The molecule has 0 unspecified atom stereocenters. The molecule has 148 valence electrons. The fraction of sp³-hybridized carbons (Fsp3) is 0.100. The molecule has 10 heteroatoms. The summed E-state index contributed by atoms with van der Waals surface area (Å²) in [6.45, 7) is 2.16. The maximum atomic E-state index is 14.0. The molecule has 30 heavy (non-hydrogen) atoms. The first kappa shape index (κ1) is 18.0. The Morgan fingerprint density at radius 1 is 1.00 bits per heavy atom. The molecular weight excluding hydrogens is 392 g/mol. The molecular formula is C20H13F2N7O. The fourth-order valence-electron chi connectivity index (χ4n) is 2.95. The molecule has 0 aliphatic carbocycles. The van der Waals surface area contributed by atoms with Gasteiger partial charge in [-0.1, -0.05) is 11.2 Å². The van der Waals surface area contributed by atoms with Crippen molar-refractivity contribution in [3.05, 3.63) is 71.8 Å². The van der Waals surface area contributed by atoms with Crippen LogP contribution in [0.4, 0.5) is 8.78 Å². The van der Waals surface area contributed by atoms with E-state index in [4.69, 9.17) is 4.52 Å². The van der Waals surface area contributed by atoms with Crippen molar-refractivity contribution >= 4 is 0 Å². The Balaban J connectivity index is 1.42. The summed E-state index contributed by atoms with van der Waals surface area (Å²) in [5, 5.41) is 16.4. The average molecular weight is 405 g/mol. The molecule has 0 atom stereocenters. The van der Waals surface area contributed by atoms with Gasteiger partial charge in [-0.2, -0.15) is 10.2 Å². The number of nitrogens with zero attached hydrogens (tertiary/aromatic N) is 7. The van der Waals surface area contributed by atoms with Crippen molar-refractivity contribution < 1.29 is 13.3 Å². The van der Waals surface area contributed by atoms with E-state index in [-0.39, 0.29) is 11.4 Å². The van der Waals surface area contributed by atoms with E-state index in [1.165, 1.54) is 18.3 Å². The summed E-state index contributed by atoms with van der Waals surface area (Å²) < 4.78 is 34.5. The van der Waals surface area contributed by atoms with Crippen molar-refractivity contribution in [2.75, 3.05) is 0 Å². The van der Waals surface area contributed by atoms with Crippen LogP contribution in [0.2, 0.25) is 0 Å². The van der Waals surface area contributed by atoms with Crippen molar-refractivity contribution in [1.29, 1.82) is 0 Å². The van der Waals surface area contributed by atoms with Crippen LogP contribution in [0.5, 0.6) is 0 Å². The van der Waals surface area contributed by atoms with Gasteiger partial charge in [-0.05, 0) is 31.2 Å². The van der Waals surface area contributed by atoms with Crippen molar-refractivity contribution in [2.45, 2.75) is 13.5 Å². The lowest BCUT2D eigenvalue weighted by Crippen LogP contribution is -2.05. The second-order valence-corrected chi connectivity index (χ2v) is 6.63. The highest BCUT2D eigenvalue weighted by molar-refractivity contribution is 5.65. The molecule has 3 aromatic rings. The minimum Gasteiger partial charge on any atom is -0.354 e. The van der Waals surface area contributed by atoms with Gasteiger partial charge in [-0.25, -0.2) is 18.7 Å². The van der Waals surface area contributed by atoms with Gasteiger partial charge in [0.2, 0.25) is 0 Å². The zero-order valence-corrected chi connectivity index (χ0v) is 15.6. The molecule has 8 nitrogen and oxygen atoms in total. The van der Waals surface area contributed by atoms with Gasteiger partial charge in [-0.15, -0.1) is 5.10 Å². The van der Waals surface area contributed by atoms with Gasteiger partial charge in [0.15, 0.2) is 23.2 Å². The lowest BCUT2D eigenvalue weighted by atomic mass is 10.2. The van der Waals surface area contributed by atoms with Crippen LogP contribution < -0.4 is 0 Å². The van der Waals surface area contributed by atoms with Crippen LogP contribution in [-0.4, -0.2) is 35.1 Å². The van der Waals surface area contributed by atoms with Crippen LogP contribution in [-0.2, 0) is 6.54 Å². The van der Waals surface area contributed by atoms with E-state index >= 15 is 0 Å². The number of aryl methyl sites for hydroxylation is 1. The normalized spacial score (nSPS) is 11.3. The molecule has 2 aliphatic heterocycles. The highest BCUT2D eigenvalue weighted by atomic mass is 19.2. The van der Waals surface area contributed by atoms with Crippen LogP contribution in [0.3, 0.4) is 0 Å². The largest absolute Gasteiger partial charge is 0.354 e. The molecule has 2 aliphatic rings. The molecule has 0 spiro atoms. The van der Waals surface area contributed by atoms with Crippen LogP contribution in [0, 0.1) is 18.6 Å². The average Bonchev–Trinajstić information content (AvgIpc) is 3.37. The van der Waals surface area contributed by atoms with E-state index in [2.05, 4.69) is 30.4 Å². The first-order valence-electron chi connectivity index (χ1n) is 8.98. The Hall–Kier alpha value is -4.08. The minimum atomic E-state index is -0.983. The molecule has 0 N–H and O–H groups in total. The number of imidazole rings is 1. The highest BCUT2D eigenvalue weighted by Crippen LogP contribution is 2.27. The Morgan fingerprint density at radius 2 is 1.87 bits per heavy atom. The zero-order valence-electron chi connectivity index (χ0n) is 15.6. The van der Waals surface area contributed by atoms with Gasteiger partial charge in [0.1, 0.15) is 22.8 Å². The molecule has 0 radical (unpaired) electrons. The Kier molecular flexibility index (Phi) is 4.24. The summed E-state index contributed by atoms with van der Waals surface area (Å²) >= 11 is 0. The number of rotatable bonds is 4. The summed E-state index contributed by atoms with van der Waals surface area (Å²) in [6.07, 6.45) is 3.17. The first-order valence-corrected chi connectivity index (χ1v) is 8.98. The standard InChI is InChI=1S/C20H13F2N7O/c1-11-5-6-15(27-26-11)18-7-12(28-30-18)9-29-10-17-16(8-23-29)24-20(25-17)13-3-2-4-14(21)19(13)22/h2-8,10H,9H2,1H3. The highest BCUT2D eigenvalue weighted by Gasteiger charge is 2.18. The molecule has 0 fully saturated rings. The topological polar surface area (TPSA) is 95.4 Å². The van der Waals surface area contributed by atoms with Crippen LogP contribution in [0.15, 0.2) is 53.3 Å². The quantitative estimate of drug-likeness (QED) is 0.451. The van der Waals surface area contributed by atoms with Gasteiger partial charge in [0, 0.05) is 6.07 Å². The molecule has 0 amide bonds. The monoisotopic (exact) mass is 405 g/mol. The van der Waals surface area contributed by atoms with Crippen molar-refractivity contribution in [1.82, 2.24) is 35.1 Å². The van der Waals surface area contributed by atoms with E-state index in [0.717, 1.165) is 11.8 Å². The van der Waals surface area contributed by atoms with Crippen molar-refractivity contribution in [2.24, 2.45) is 0 Å². The van der Waals surface area contributed by atoms with Crippen LogP contribution in [0.1, 0.15) is 11.4 Å². The first-order chi connectivity index (χ1) is 14.6. The number of benzene rings is 1. The summed E-state index contributed by atoms with van der Waals surface area (Å²) in [7, 11) is 0. The van der Waals surface area contributed by atoms with Gasteiger partial charge in [-0.3, -0.25) is 4.68 Å². The molecule has 0 saturated carbocycles. The van der Waals surface area contributed by atoms with Gasteiger partial charge >= 0.3 is 0 Å². The Labute approximate surface area is 168 Å². The zero-order chi connectivity index (χ0) is 20.7. The maximum Gasteiger partial charge on any atom is 0.187 e. The third-order valence-electron chi connectivity index (χ3n) is 4.44. The van der Waals surface area contributed by atoms with Gasteiger partial charge in [0.05, 0.1) is 30.2 Å². The lowest BCUT2D eigenvalue weighted by molar-refractivity contribution is 0.417. The predicted molar refractivity (Wildman–Crippen MR) is 101 cm³/mol. The van der Waals surface area contributed by atoms with Crippen LogP contribution in [0.25, 0.3) is 34.2 Å². The molecule has 4 heterocycles. The summed E-state index contributed by atoms with van der Waals surface area (Å²) in [5.74, 6) is -1.34.